The minimum Gasteiger partial charge on any atom is -0.494 e. The van der Waals surface area contributed by atoms with Gasteiger partial charge in [-0.05, 0) is 37.0 Å². The molecule has 2 N–H and O–H groups in total. The monoisotopic (exact) mass is 383 g/mol. The standard InChI is InChI=1S/C18H25NO6S/c1-26(23,24)18(10-2-3-11-18)17(22)19-13-14-6-8-15(9-7-14)25-12-4-5-16(20)21/h6-9H,2-5,10-13H2,1H3,(H,19,22)(H,20,21). The number of carbonyl (C=O) groups is 2. The molecule has 0 saturated heterocycles. The fraction of sp³-hybridized carbons (Fsp3) is 0.556. The van der Waals surface area contributed by atoms with Gasteiger partial charge in [0.1, 0.15) is 10.5 Å². The molecule has 1 aliphatic carbocycles. The summed E-state index contributed by atoms with van der Waals surface area (Å²) in [5.41, 5.74) is 0.831. The number of carboxylic acid groups (broad SMARTS) is 1. The van der Waals surface area contributed by atoms with Crippen molar-refractivity contribution in [2.24, 2.45) is 0 Å². The van der Waals surface area contributed by atoms with Gasteiger partial charge in [0, 0.05) is 19.2 Å². The van der Waals surface area contributed by atoms with Crippen LogP contribution in [0.25, 0.3) is 0 Å². The van der Waals surface area contributed by atoms with Crippen molar-refractivity contribution in [3.63, 3.8) is 0 Å². The number of sulfone groups is 1. The fourth-order valence-corrected chi connectivity index (χ4v) is 4.61. The molecule has 1 aromatic carbocycles. The van der Waals surface area contributed by atoms with Crippen molar-refractivity contribution in [2.75, 3.05) is 12.9 Å². The number of aliphatic carboxylic acids is 1. The number of nitrogens with one attached hydrogen (secondary N) is 1. The fourth-order valence-electron chi connectivity index (χ4n) is 3.17. The molecule has 26 heavy (non-hydrogen) atoms. The van der Waals surface area contributed by atoms with E-state index in [4.69, 9.17) is 9.84 Å². The molecule has 1 amide bonds. The highest BCUT2D eigenvalue weighted by Crippen LogP contribution is 2.36. The first kappa shape index (κ1) is 20.2. The lowest BCUT2D eigenvalue weighted by atomic mass is 10.1. The van der Waals surface area contributed by atoms with Crippen molar-refractivity contribution < 1.29 is 27.9 Å². The number of amides is 1. The third-order valence-corrected chi connectivity index (χ3v) is 6.73. The minimum absolute atomic E-state index is 0.0617. The number of benzene rings is 1. The van der Waals surface area contributed by atoms with Gasteiger partial charge in [-0.2, -0.15) is 0 Å². The van der Waals surface area contributed by atoms with Crippen LogP contribution in [0, 0.1) is 0 Å². The third-order valence-electron chi connectivity index (χ3n) is 4.71. The Hall–Kier alpha value is -2.09. The zero-order valence-corrected chi connectivity index (χ0v) is 15.7. The van der Waals surface area contributed by atoms with Crippen LogP contribution in [0.15, 0.2) is 24.3 Å². The molecular formula is C18H25NO6S. The lowest BCUT2D eigenvalue weighted by Gasteiger charge is -2.25. The Morgan fingerprint density at radius 1 is 1.19 bits per heavy atom. The summed E-state index contributed by atoms with van der Waals surface area (Å²) < 4.78 is 28.4. The molecule has 8 heteroatoms. The Bertz CT molecular complexity index is 735. The minimum atomic E-state index is -3.47. The molecule has 0 radical (unpaired) electrons. The second-order valence-electron chi connectivity index (χ2n) is 6.65. The topological polar surface area (TPSA) is 110 Å². The number of rotatable bonds is 9. The zero-order valence-electron chi connectivity index (χ0n) is 14.9. The van der Waals surface area contributed by atoms with Crippen molar-refractivity contribution in [3.05, 3.63) is 29.8 Å². The van der Waals surface area contributed by atoms with E-state index in [2.05, 4.69) is 5.32 Å². The molecule has 1 saturated carbocycles. The van der Waals surface area contributed by atoms with Gasteiger partial charge in [-0.1, -0.05) is 25.0 Å². The molecule has 1 fully saturated rings. The molecule has 0 atom stereocenters. The first-order valence-electron chi connectivity index (χ1n) is 8.66. The number of ether oxygens (including phenoxy) is 1. The van der Waals surface area contributed by atoms with Crippen LogP contribution in [0.1, 0.15) is 44.1 Å². The Labute approximate surface area is 153 Å². The summed E-state index contributed by atoms with van der Waals surface area (Å²) >= 11 is 0. The largest absolute Gasteiger partial charge is 0.494 e. The van der Waals surface area contributed by atoms with Crippen LogP contribution in [0.3, 0.4) is 0 Å². The maximum Gasteiger partial charge on any atom is 0.303 e. The van der Waals surface area contributed by atoms with E-state index in [1.165, 1.54) is 0 Å². The maximum atomic E-state index is 12.5. The summed E-state index contributed by atoms with van der Waals surface area (Å²) in [6.45, 7) is 0.564. The van der Waals surface area contributed by atoms with Crippen LogP contribution in [-0.2, 0) is 26.0 Å². The number of hydrogen-bond donors (Lipinski definition) is 2. The molecule has 0 bridgehead atoms. The number of carboxylic acids is 1. The Morgan fingerprint density at radius 3 is 2.35 bits per heavy atom. The van der Waals surface area contributed by atoms with Crippen LogP contribution >= 0.6 is 0 Å². The Balaban J connectivity index is 1.87. The SMILES string of the molecule is CS(=O)(=O)C1(C(=O)NCc2ccc(OCCCC(=O)O)cc2)CCCC1. The van der Waals surface area contributed by atoms with Crippen molar-refractivity contribution in [2.45, 2.75) is 49.8 Å². The van der Waals surface area contributed by atoms with E-state index < -0.39 is 26.5 Å². The van der Waals surface area contributed by atoms with Gasteiger partial charge in [0.25, 0.3) is 0 Å². The molecule has 144 valence electrons. The Morgan fingerprint density at radius 2 is 1.81 bits per heavy atom. The molecule has 2 rings (SSSR count). The highest BCUT2D eigenvalue weighted by molar-refractivity contribution is 7.92. The van der Waals surface area contributed by atoms with E-state index in [1.54, 1.807) is 24.3 Å². The second kappa shape index (κ2) is 8.53. The Kier molecular flexibility index (Phi) is 6.63. The van der Waals surface area contributed by atoms with Crippen LogP contribution in [0.4, 0.5) is 0 Å². The van der Waals surface area contributed by atoms with Gasteiger partial charge in [-0.25, -0.2) is 8.42 Å². The summed E-state index contributed by atoms with van der Waals surface area (Å²) in [6.07, 6.45) is 3.87. The summed E-state index contributed by atoms with van der Waals surface area (Å²) in [6, 6.07) is 7.05. The first-order valence-corrected chi connectivity index (χ1v) is 10.6. The van der Waals surface area contributed by atoms with Crippen molar-refractivity contribution in [1.29, 1.82) is 0 Å². The van der Waals surface area contributed by atoms with Gasteiger partial charge < -0.3 is 15.2 Å². The van der Waals surface area contributed by atoms with Gasteiger partial charge in [-0.15, -0.1) is 0 Å². The van der Waals surface area contributed by atoms with E-state index in [0.717, 1.165) is 24.7 Å². The predicted molar refractivity (Wildman–Crippen MR) is 96.7 cm³/mol. The lowest BCUT2D eigenvalue weighted by Crippen LogP contribution is -2.49. The smallest absolute Gasteiger partial charge is 0.303 e. The molecule has 1 aromatic rings. The molecule has 0 heterocycles. The molecule has 0 aliphatic heterocycles. The van der Waals surface area contributed by atoms with Gasteiger partial charge in [0.15, 0.2) is 9.84 Å². The highest BCUT2D eigenvalue weighted by Gasteiger charge is 2.49. The van der Waals surface area contributed by atoms with E-state index in [9.17, 15) is 18.0 Å². The molecule has 0 unspecified atom stereocenters. The summed E-state index contributed by atoms with van der Waals surface area (Å²) in [5, 5.41) is 11.3. The van der Waals surface area contributed by atoms with Crippen molar-refractivity contribution in [1.82, 2.24) is 5.32 Å². The van der Waals surface area contributed by atoms with Gasteiger partial charge in [0.2, 0.25) is 5.91 Å². The summed E-state index contributed by atoms with van der Waals surface area (Å²) in [4.78, 5) is 23.0. The maximum absolute atomic E-state index is 12.5. The highest BCUT2D eigenvalue weighted by atomic mass is 32.2. The predicted octanol–water partition coefficient (Wildman–Crippen LogP) is 1.90. The molecule has 0 spiro atoms. The third kappa shape index (κ3) is 4.97. The van der Waals surface area contributed by atoms with Crippen LogP contribution in [0.5, 0.6) is 5.75 Å². The quantitative estimate of drug-likeness (QED) is 0.630. The summed E-state index contributed by atoms with van der Waals surface area (Å²) in [5.74, 6) is -0.658. The number of carbonyl (C=O) groups excluding carboxylic acids is 1. The average molecular weight is 383 g/mol. The molecule has 1 aliphatic rings. The van der Waals surface area contributed by atoms with Crippen LogP contribution < -0.4 is 10.1 Å². The molecule has 0 aromatic heterocycles. The summed E-state index contributed by atoms with van der Waals surface area (Å²) in [7, 11) is -3.47. The van der Waals surface area contributed by atoms with Crippen molar-refractivity contribution >= 4 is 21.7 Å². The zero-order chi connectivity index (χ0) is 19.2. The lowest BCUT2D eigenvalue weighted by molar-refractivity contribution is -0.137. The van der Waals surface area contributed by atoms with Crippen LogP contribution in [0.2, 0.25) is 0 Å². The van der Waals surface area contributed by atoms with E-state index in [1.807, 2.05) is 0 Å². The van der Waals surface area contributed by atoms with Gasteiger partial charge in [-0.3, -0.25) is 9.59 Å². The van der Waals surface area contributed by atoms with Gasteiger partial charge >= 0.3 is 5.97 Å². The molecular weight excluding hydrogens is 358 g/mol. The normalized spacial score (nSPS) is 16.2. The van der Waals surface area contributed by atoms with Crippen LogP contribution in [-0.4, -0.2) is 43.0 Å². The van der Waals surface area contributed by atoms with E-state index in [-0.39, 0.29) is 13.0 Å². The van der Waals surface area contributed by atoms with E-state index >= 15 is 0 Å². The van der Waals surface area contributed by atoms with E-state index in [0.29, 0.717) is 31.6 Å². The average Bonchev–Trinajstić information content (AvgIpc) is 3.08. The first-order chi connectivity index (χ1) is 12.2. The molecule has 7 nitrogen and oxygen atoms in total. The van der Waals surface area contributed by atoms with Crippen molar-refractivity contribution in [3.8, 4) is 5.75 Å². The number of hydrogen-bond acceptors (Lipinski definition) is 5. The second-order valence-corrected chi connectivity index (χ2v) is 8.97. The van der Waals surface area contributed by atoms with Gasteiger partial charge in [0.05, 0.1) is 6.61 Å².